The predicted octanol–water partition coefficient (Wildman–Crippen LogP) is 2.49. The second kappa shape index (κ2) is 7.21. The maximum Gasteiger partial charge on any atom is 0.114 e. The van der Waals surface area contributed by atoms with Crippen LogP contribution in [0.5, 0.6) is 0 Å². The van der Waals surface area contributed by atoms with Crippen LogP contribution < -0.4 is 10.6 Å². The fourth-order valence-corrected chi connectivity index (χ4v) is 2.73. The fraction of sp³-hybridized carbons (Fsp3) is 0.375. The van der Waals surface area contributed by atoms with Crippen molar-refractivity contribution in [2.24, 2.45) is 5.73 Å². The second-order valence-electron chi connectivity index (χ2n) is 5.07. The molecular formula is C16H19N3OS. The number of methoxy groups -OCH3 is 1. The quantitative estimate of drug-likeness (QED) is 0.514. The lowest BCUT2D eigenvalue weighted by Gasteiger charge is -2.26. The third kappa shape index (κ3) is 3.81. The van der Waals surface area contributed by atoms with Crippen LogP contribution >= 0.6 is 12.2 Å². The number of rotatable bonds is 5. The van der Waals surface area contributed by atoms with Crippen LogP contribution in [0, 0.1) is 11.3 Å². The Morgan fingerprint density at radius 1 is 1.52 bits per heavy atom. The minimum absolute atomic E-state index is 0.126. The number of nitrogens with zero attached hydrogens (tertiary/aromatic N) is 2. The van der Waals surface area contributed by atoms with Crippen LogP contribution in [-0.2, 0) is 4.74 Å². The Hall–Kier alpha value is -1.90. The molecule has 1 aliphatic rings. The number of anilines is 1. The first-order valence-corrected chi connectivity index (χ1v) is 7.33. The van der Waals surface area contributed by atoms with Gasteiger partial charge in [-0.15, -0.1) is 0 Å². The number of hydrogen-bond donors (Lipinski definition) is 1. The zero-order valence-electron chi connectivity index (χ0n) is 12.1. The largest absolute Gasteiger partial charge is 0.389 e. The third-order valence-corrected chi connectivity index (χ3v) is 3.88. The summed E-state index contributed by atoms with van der Waals surface area (Å²) in [4.78, 5) is 2.50. The van der Waals surface area contributed by atoms with Crippen molar-refractivity contribution in [3.8, 4) is 6.07 Å². The van der Waals surface area contributed by atoms with E-state index in [1.165, 1.54) is 12.1 Å². The lowest BCUT2D eigenvalue weighted by molar-refractivity contribution is 0.181. The van der Waals surface area contributed by atoms with Crippen molar-refractivity contribution >= 4 is 29.0 Å². The average Bonchev–Trinajstić information content (AvgIpc) is 2.94. The predicted molar refractivity (Wildman–Crippen MR) is 89.1 cm³/mol. The van der Waals surface area contributed by atoms with Crippen molar-refractivity contribution in [2.75, 3.05) is 25.2 Å². The van der Waals surface area contributed by atoms with Crippen molar-refractivity contribution in [2.45, 2.75) is 18.9 Å². The molecule has 1 heterocycles. The van der Waals surface area contributed by atoms with Gasteiger partial charge in [0.2, 0.25) is 0 Å². The van der Waals surface area contributed by atoms with Crippen molar-refractivity contribution in [3.63, 3.8) is 0 Å². The smallest absolute Gasteiger partial charge is 0.114 e. The molecule has 2 rings (SSSR count). The zero-order chi connectivity index (χ0) is 15.2. The molecule has 2 N–H and O–H groups in total. The molecule has 1 fully saturated rings. The molecule has 0 aliphatic carbocycles. The Morgan fingerprint density at radius 2 is 2.24 bits per heavy atom. The Morgan fingerprint density at radius 3 is 2.81 bits per heavy atom. The second-order valence-corrected chi connectivity index (χ2v) is 5.51. The topological polar surface area (TPSA) is 62.3 Å². The average molecular weight is 301 g/mol. The molecule has 0 radical (unpaired) electrons. The molecule has 4 nitrogen and oxygen atoms in total. The van der Waals surface area contributed by atoms with E-state index >= 15 is 0 Å². The lowest BCUT2D eigenvalue weighted by Crippen LogP contribution is -2.32. The minimum Gasteiger partial charge on any atom is -0.389 e. The monoisotopic (exact) mass is 301 g/mol. The van der Waals surface area contributed by atoms with E-state index in [0.717, 1.165) is 25.1 Å². The Labute approximate surface area is 130 Å². The molecular weight excluding hydrogens is 282 g/mol. The van der Waals surface area contributed by atoms with Crippen molar-refractivity contribution in [3.05, 3.63) is 35.4 Å². The first kappa shape index (κ1) is 15.5. The maximum atomic E-state index is 8.97. The molecule has 0 spiro atoms. The minimum atomic E-state index is 0.126. The van der Waals surface area contributed by atoms with E-state index < -0.39 is 0 Å². The van der Waals surface area contributed by atoms with Crippen molar-refractivity contribution in [1.29, 1.82) is 5.26 Å². The normalized spacial score (nSPS) is 18.6. The van der Waals surface area contributed by atoms with Gasteiger partial charge in [0.05, 0.1) is 18.2 Å². The Bertz CT molecular complexity index is 574. The number of nitriles is 1. The van der Waals surface area contributed by atoms with Crippen LogP contribution in [0.15, 0.2) is 29.8 Å². The van der Waals surface area contributed by atoms with Gasteiger partial charge in [0.15, 0.2) is 0 Å². The molecule has 5 heteroatoms. The molecule has 21 heavy (non-hydrogen) atoms. The summed E-state index contributed by atoms with van der Waals surface area (Å²) in [6.45, 7) is 1.81. The molecule has 0 saturated carbocycles. The summed E-state index contributed by atoms with van der Waals surface area (Å²) >= 11 is 4.84. The highest BCUT2D eigenvalue weighted by atomic mass is 32.1. The van der Waals surface area contributed by atoms with E-state index in [1.807, 2.05) is 18.2 Å². The summed E-state index contributed by atoms with van der Waals surface area (Å²) in [7, 11) is 1.74. The van der Waals surface area contributed by atoms with E-state index in [1.54, 1.807) is 13.2 Å². The van der Waals surface area contributed by atoms with Gasteiger partial charge >= 0.3 is 0 Å². The van der Waals surface area contributed by atoms with E-state index in [9.17, 15) is 0 Å². The van der Waals surface area contributed by atoms with Gasteiger partial charge in [-0.05, 0) is 36.6 Å². The highest BCUT2D eigenvalue weighted by molar-refractivity contribution is 7.80. The number of ether oxygens (including phenoxy) is 1. The van der Waals surface area contributed by atoms with Gasteiger partial charge in [-0.2, -0.15) is 5.26 Å². The number of hydrogen-bond acceptors (Lipinski definition) is 4. The number of nitrogens with two attached hydrogens (primary N) is 1. The van der Waals surface area contributed by atoms with Crippen molar-refractivity contribution in [1.82, 2.24) is 0 Å². The standard InChI is InChI=1S/C16H19N3OS/c1-20-11-15-3-2-8-19(15)14-6-4-12(5-7-14)9-13(10-17)16(18)21/h4-7,9,15H,2-3,8,11H2,1H3,(H2,18,21)/b13-9-. The van der Waals surface area contributed by atoms with Crippen LogP contribution in [0.4, 0.5) is 5.69 Å². The van der Waals surface area contributed by atoms with E-state index in [0.29, 0.717) is 11.6 Å². The van der Waals surface area contributed by atoms with Crippen molar-refractivity contribution < 1.29 is 4.74 Å². The first-order chi connectivity index (χ1) is 10.2. The summed E-state index contributed by atoms with van der Waals surface area (Å²) in [5, 5.41) is 8.97. The molecule has 0 amide bonds. The number of benzene rings is 1. The van der Waals surface area contributed by atoms with E-state index in [2.05, 4.69) is 17.0 Å². The molecule has 1 aromatic rings. The molecule has 1 unspecified atom stereocenters. The highest BCUT2D eigenvalue weighted by Crippen LogP contribution is 2.26. The number of thiocarbonyl (C=S) groups is 1. The van der Waals surface area contributed by atoms with Crippen LogP contribution in [0.1, 0.15) is 18.4 Å². The first-order valence-electron chi connectivity index (χ1n) is 6.93. The summed E-state index contributed by atoms with van der Waals surface area (Å²) in [6, 6.07) is 10.5. The fourth-order valence-electron chi connectivity index (χ4n) is 2.63. The molecule has 1 aliphatic heterocycles. The highest BCUT2D eigenvalue weighted by Gasteiger charge is 2.24. The molecule has 0 bridgehead atoms. The van der Waals surface area contributed by atoms with Crippen LogP contribution in [-0.4, -0.2) is 31.3 Å². The van der Waals surface area contributed by atoms with Gasteiger partial charge in [0.1, 0.15) is 11.1 Å². The summed E-state index contributed by atoms with van der Waals surface area (Å²) < 4.78 is 5.28. The maximum absolute atomic E-state index is 8.97. The molecule has 1 atom stereocenters. The van der Waals surface area contributed by atoms with E-state index in [4.69, 9.17) is 28.0 Å². The van der Waals surface area contributed by atoms with Gasteiger partial charge in [0, 0.05) is 19.3 Å². The van der Waals surface area contributed by atoms with Crippen LogP contribution in [0.3, 0.4) is 0 Å². The van der Waals surface area contributed by atoms with Gasteiger partial charge in [-0.3, -0.25) is 0 Å². The molecule has 1 saturated heterocycles. The van der Waals surface area contributed by atoms with Gasteiger partial charge < -0.3 is 15.4 Å². The summed E-state index contributed by atoms with van der Waals surface area (Å²) in [5.74, 6) is 0. The molecule has 1 aromatic carbocycles. The lowest BCUT2D eigenvalue weighted by atomic mass is 10.1. The Balaban J connectivity index is 2.16. The van der Waals surface area contributed by atoms with Crippen LogP contribution in [0.25, 0.3) is 6.08 Å². The van der Waals surface area contributed by atoms with Gasteiger partial charge in [0.25, 0.3) is 0 Å². The summed E-state index contributed by atoms with van der Waals surface area (Å²) in [6.07, 6.45) is 4.06. The molecule has 0 aromatic heterocycles. The van der Waals surface area contributed by atoms with Gasteiger partial charge in [-0.1, -0.05) is 24.4 Å². The van der Waals surface area contributed by atoms with E-state index in [-0.39, 0.29) is 4.99 Å². The zero-order valence-corrected chi connectivity index (χ0v) is 12.9. The SMILES string of the molecule is COCC1CCCN1c1ccc(/C=C(/C#N)C(N)=S)cc1. The van der Waals surface area contributed by atoms with Gasteiger partial charge in [-0.25, -0.2) is 0 Å². The summed E-state index contributed by atoms with van der Waals surface area (Å²) in [5.41, 5.74) is 7.93. The third-order valence-electron chi connectivity index (χ3n) is 3.66. The Kier molecular flexibility index (Phi) is 5.32. The molecule has 110 valence electrons. The van der Waals surface area contributed by atoms with Crippen LogP contribution in [0.2, 0.25) is 0 Å².